The van der Waals surface area contributed by atoms with Crippen LogP contribution < -0.4 is 5.32 Å². The minimum atomic E-state index is -0.485. The van der Waals surface area contributed by atoms with Gasteiger partial charge < -0.3 is 15.0 Å². The second kappa shape index (κ2) is 6.98. The SMILES string of the molecule is CC(C)(C)OC(=O)NC1CCN(C(=O)CCCl)CC1. The number of nitrogens with one attached hydrogen (secondary N) is 1. The predicted octanol–water partition coefficient (Wildman–Crippen LogP) is 2.13. The molecule has 1 rings (SSSR count). The van der Waals surface area contributed by atoms with E-state index in [1.165, 1.54) is 0 Å². The van der Waals surface area contributed by atoms with Gasteiger partial charge in [-0.2, -0.15) is 0 Å². The van der Waals surface area contributed by atoms with Crippen LogP contribution in [-0.2, 0) is 9.53 Å². The van der Waals surface area contributed by atoms with Crippen LogP contribution in [0.4, 0.5) is 4.79 Å². The Hall–Kier alpha value is -0.970. The lowest BCUT2D eigenvalue weighted by molar-refractivity contribution is -0.131. The van der Waals surface area contributed by atoms with Crippen molar-refractivity contribution < 1.29 is 14.3 Å². The van der Waals surface area contributed by atoms with Crippen molar-refractivity contribution in [3.05, 3.63) is 0 Å². The van der Waals surface area contributed by atoms with E-state index in [1.54, 1.807) is 4.90 Å². The Morgan fingerprint density at radius 1 is 1.32 bits per heavy atom. The van der Waals surface area contributed by atoms with Crippen LogP contribution in [0.3, 0.4) is 0 Å². The summed E-state index contributed by atoms with van der Waals surface area (Å²) < 4.78 is 5.21. The van der Waals surface area contributed by atoms with E-state index >= 15 is 0 Å². The number of likely N-dealkylation sites (tertiary alicyclic amines) is 1. The molecule has 1 aliphatic rings. The highest BCUT2D eigenvalue weighted by molar-refractivity contribution is 6.18. The summed E-state index contributed by atoms with van der Waals surface area (Å²) in [7, 11) is 0. The van der Waals surface area contributed by atoms with Crippen LogP contribution in [0, 0.1) is 0 Å². The van der Waals surface area contributed by atoms with E-state index in [4.69, 9.17) is 16.3 Å². The molecular formula is C13H23ClN2O3. The minimum absolute atomic E-state index is 0.0786. The maximum absolute atomic E-state index is 11.6. The van der Waals surface area contributed by atoms with Crippen molar-refractivity contribution in [2.24, 2.45) is 0 Å². The summed E-state index contributed by atoms with van der Waals surface area (Å²) in [6.07, 6.45) is 1.50. The molecule has 0 aliphatic carbocycles. The van der Waals surface area contributed by atoms with E-state index in [0.29, 0.717) is 25.4 Å². The molecule has 0 bridgehead atoms. The van der Waals surface area contributed by atoms with Crippen LogP contribution in [0.1, 0.15) is 40.0 Å². The largest absolute Gasteiger partial charge is 0.444 e. The monoisotopic (exact) mass is 290 g/mol. The van der Waals surface area contributed by atoms with Crippen molar-refractivity contribution in [3.8, 4) is 0 Å². The van der Waals surface area contributed by atoms with Crippen molar-refractivity contribution in [1.29, 1.82) is 0 Å². The molecule has 5 nitrogen and oxygen atoms in total. The lowest BCUT2D eigenvalue weighted by Crippen LogP contribution is -2.47. The van der Waals surface area contributed by atoms with Gasteiger partial charge in [0.25, 0.3) is 0 Å². The average Bonchev–Trinajstić information content (AvgIpc) is 2.27. The van der Waals surface area contributed by atoms with Crippen LogP contribution in [0.2, 0.25) is 0 Å². The van der Waals surface area contributed by atoms with Gasteiger partial charge in [0, 0.05) is 31.4 Å². The first-order chi connectivity index (χ1) is 8.81. The van der Waals surface area contributed by atoms with E-state index in [0.717, 1.165) is 12.8 Å². The molecule has 0 aromatic carbocycles. The van der Waals surface area contributed by atoms with Crippen molar-refractivity contribution in [2.45, 2.75) is 51.7 Å². The Kier molecular flexibility index (Phi) is 5.91. The summed E-state index contributed by atoms with van der Waals surface area (Å²) in [6, 6.07) is 0.0786. The number of alkyl carbamates (subject to hydrolysis) is 1. The minimum Gasteiger partial charge on any atom is -0.444 e. The van der Waals surface area contributed by atoms with Crippen molar-refractivity contribution in [3.63, 3.8) is 0 Å². The summed E-state index contributed by atoms with van der Waals surface area (Å²) in [6.45, 7) is 6.83. The molecule has 0 saturated carbocycles. The lowest BCUT2D eigenvalue weighted by Gasteiger charge is -2.32. The molecule has 0 spiro atoms. The third-order valence-corrected chi connectivity index (χ3v) is 3.07. The molecule has 0 radical (unpaired) electrons. The predicted molar refractivity (Wildman–Crippen MR) is 74.3 cm³/mol. The van der Waals surface area contributed by atoms with Crippen LogP contribution in [0.25, 0.3) is 0 Å². The number of piperidine rings is 1. The molecule has 1 fully saturated rings. The van der Waals surface area contributed by atoms with E-state index < -0.39 is 11.7 Å². The fourth-order valence-corrected chi connectivity index (χ4v) is 2.15. The fourth-order valence-electron chi connectivity index (χ4n) is 1.99. The standard InChI is InChI=1S/C13H23ClN2O3/c1-13(2,3)19-12(18)15-10-5-8-16(9-6-10)11(17)4-7-14/h10H,4-9H2,1-3H3,(H,15,18). The van der Waals surface area contributed by atoms with Gasteiger partial charge in [0.2, 0.25) is 5.91 Å². The van der Waals surface area contributed by atoms with Gasteiger partial charge in [-0.1, -0.05) is 0 Å². The van der Waals surface area contributed by atoms with Crippen LogP contribution in [0.15, 0.2) is 0 Å². The Labute approximate surface area is 119 Å². The van der Waals surface area contributed by atoms with Gasteiger partial charge in [-0.25, -0.2) is 4.79 Å². The fraction of sp³-hybridized carbons (Fsp3) is 0.846. The van der Waals surface area contributed by atoms with Gasteiger partial charge in [0.15, 0.2) is 0 Å². The second-order valence-corrected chi connectivity index (χ2v) is 6.12. The first kappa shape index (κ1) is 16.1. The number of halogens is 1. The maximum atomic E-state index is 11.6. The highest BCUT2D eigenvalue weighted by atomic mass is 35.5. The van der Waals surface area contributed by atoms with Crippen LogP contribution >= 0.6 is 11.6 Å². The molecule has 0 atom stereocenters. The normalized spacial score (nSPS) is 17.2. The first-order valence-corrected chi connectivity index (χ1v) is 7.18. The van der Waals surface area contributed by atoms with Gasteiger partial charge in [-0.3, -0.25) is 4.79 Å². The molecule has 6 heteroatoms. The number of carbonyl (C=O) groups is 2. The van der Waals surface area contributed by atoms with E-state index in [1.807, 2.05) is 20.8 Å². The summed E-state index contributed by atoms with van der Waals surface area (Å²) in [4.78, 5) is 25.1. The molecule has 1 saturated heterocycles. The third kappa shape index (κ3) is 6.14. The molecule has 0 aromatic rings. The molecule has 1 heterocycles. The zero-order chi connectivity index (χ0) is 14.5. The molecule has 110 valence electrons. The molecule has 0 unspecified atom stereocenters. The quantitative estimate of drug-likeness (QED) is 0.810. The smallest absolute Gasteiger partial charge is 0.407 e. The van der Waals surface area contributed by atoms with Crippen molar-refractivity contribution >= 4 is 23.6 Å². The highest BCUT2D eigenvalue weighted by Gasteiger charge is 2.25. The summed E-state index contributed by atoms with van der Waals surface area (Å²) in [5, 5.41) is 2.84. The lowest BCUT2D eigenvalue weighted by atomic mass is 10.1. The summed E-state index contributed by atoms with van der Waals surface area (Å²) >= 11 is 5.55. The number of hydrogen-bond acceptors (Lipinski definition) is 3. The second-order valence-electron chi connectivity index (χ2n) is 5.74. The average molecular weight is 291 g/mol. The zero-order valence-electron chi connectivity index (χ0n) is 11.9. The molecule has 19 heavy (non-hydrogen) atoms. The van der Waals surface area contributed by atoms with E-state index in [-0.39, 0.29) is 11.9 Å². The number of alkyl halides is 1. The number of hydrogen-bond donors (Lipinski definition) is 1. The number of amides is 2. The van der Waals surface area contributed by atoms with E-state index in [2.05, 4.69) is 5.32 Å². The first-order valence-electron chi connectivity index (χ1n) is 6.65. The van der Waals surface area contributed by atoms with Crippen LogP contribution in [0.5, 0.6) is 0 Å². The molecule has 2 amide bonds. The number of carbonyl (C=O) groups excluding carboxylic acids is 2. The molecule has 1 N–H and O–H groups in total. The zero-order valence-corrected chi connectivity index (χ0v) is 12.6. The van der Waals surface area contributed by atoms with Gasteiger partial charge >= 0.3 is 6.09 Å². The van der Waals surface area contributed by atoms with Gasteiger partial charge in [-0.15, -0.1) is 11.6 Å². The highest BCUT2D eigenvalue weighted by Crippen LogP contribution is 2.13. The summed E-state index contributed by atoms with van der Waals surface area (Å²) in [5.41, 5.74) is -0.485. The Morgan fingerprint density at radius 2 is 1.89 bits per heavy atom. The number of nitrogens with zero attached hydrogens (tertiary/aromatic N) is 1. The van der Waals surface area contributed by atoms with Gasteiger partial charge in [0.05, 0.1) is 0 Å². The molecule has 0 aromatic heterocycles. The Bertz CT molecular complexity index is 320. The maximum Gasteiger partial charge on any atom is 0.407 e. The topological polar surface area (TPSA) is 58.6 Å². The van der Waals surface area contributed by atoms with Gasteiger partial charge in [-0.05, 0) is 33.6 Å². The Morgan fingerprint density at radius 3 is 2.37 bits per heavy atom. The van der Waals surface area contributed by atoms with Crippen molar-refractivity contribution in [1.82, 2.24) is 10.2 Å². The Balaban J connectivity index is 2.30. The van der Waals surface area contributed by atoms with Gasteiger partial charge in [0.1, 0.15) is 5.60 Å². The number of rotatable bonds is 3. The van der Waals surface area contributed by atoms with Crippen molar-refractivity contribution in [2.75, 3.05) is 19.0 Å². The molecule has 1 aliphatic heterocycles. The van der Waals surface area contributed by atoms with E-state index in [9.17, 15) is 9.59 Å². The molecular weight excluding hydrogens is 268 g/mol. The van der Waals surface area contributed by atoms with Crippen LogP contribution in [-0.4, -0.2) is 47.5 Å². The number of ether oxygens (including phenoxy) is 1. The third-order valence-electron chi connectivity index (χ3n) is 2.88. The summed E-state index contributed by atoms with van der Waals surface area (Å²) in [5.74, 6) is 0.445.